The molecule has 23 heavy (non-hydrogen) atoms. The molecule has 0 aliphatic heterocycles. The van der Waals surface area contributed by atoms with E-state index in [1.165, 1.54) is 22.3 Å². The lowest BCUT2D eigenvalue weighted by atomic mass is 10.1. The number of amides is 1. The highest BCUT2D eigenvalue weighted by molar-refractivity contribution is 14.1. The van der Waals surface area contributed by atoms with Crippen LogP contribution >= 0.6 is 45.5 Å². The van der Waals surface area contributed by atoms with Crippen LogP contribution in [0.5, 0.6) is 0 Å². The molecule has 1 amide bonds. The normalized spacial score (nSPS) is 10.8. The van der Waals surface area contributed by atoms with Crippen molar-refractivity contribution in [3.8, 4) is 0 Å². The highest BCUT2D eigenvalue weighted by Gasteiger charge is 2.20. The molecule has 5 nitrogen and oxygen atoms in total. The fraction of sp³-hybridized carbons (Fsp3) is 0. The van der Waals surface area contributed by atoms with E-state index in [-0.39, 0.29) is 11.1 Å². The number of halogens is 3. The van der Waals surface area contributed by atoms with Crippen molar-refractivity contribution in [1.82, 2.24) is 10.5 Å². The Balaban J connectivity index is 2.20. The zero-order chi connectivity index (χ0) is 16.6. The first kappa shape index (κ1) is 16.4. The lowest BCUT2D eigenvalue weighted by Crippen LogP contribution is -2.20. The van der Waals surface area contributed by atoms with E-state index in [0.717, 1.165) is 9.64 Å². The molecule has 0 aliphatic carbocycles. The largest absolute Gasteiger partial charge is 0.352 e. The van der Waals surface area contributed by atoms with Crippen molar-refractivity contribution in [3.63, 3.8) is 0 Å². The van der Waals surface area contributed by atoms with Crippen molar-refractivity contribution >= 4 is 73.0 Å². The van der Waals surface area contributed by atoms with E-state index in [4.69, 9.17) is 16.8 Å². The van der Waals surface area contributed by atoms with Crippen molar-refractivity contribution in [1.29, 1.82) is 0 Å². The fourth-order valence-electron chi connectivity index (χ4n) is 2.07. The van der Waals surface area contributed by atoms with E-state index in [9.17, 15) is 9.18 Å². The Hall–Kier alpha value is -1.49. The van der Waals surface area contributed by atoms with Gasteiger partial charge in [-0.2, -0.15) is 0 Å². The van der Waals surface area contributed by atoms with Gasteiger partial charge < -0.3 is 5.32 Å². The minimum Gasteiger partial charge on any atom is -0.352 e. The summed E-state index contributed by atoms with van der Waals surface area (Å²) in [6, 6.07) is 6.37. The van der Waals surface area contributed by atoms with Crippen LogP contribution in [-0.2, 0) is 0 Å². The summed E-state index contributed by atoms with van der Waals surface area (Å²) in [6.45, 7) is 0. The van der Waals surface area contributed by atoms with Crippen LogP contribution < -0.4 is 10.8 Å². The Morgan fingerprint density at radius 3 is 2.87 bits per heavy atom. The Morgan fingerprint density at radius 1 is 1.39 bits per heavy atom. The molecule has 2 aromatic carbocycles. The molecule has 3 aromatic rings. The first-order chi connectivity index (χ1) is 11.0. The third-order valence-electron chi connectivity index (χ3n) is 3.10. The Labute approximate surface area is 152 Å². The molecule has 0 saturated heterocycles. The smallest absolute Gasteiger partial charge is 0.276 e. The summed E-state index contributed by atoms with van der Waals surface area (Å²) in [5, 5.41) is 12.4. The maximum absolute atomic E-state index is 14.1. The van der Waals surface area contributed by atoms with Gasteiger partial charge in [0, 0.05) is 3.57 Å². The quantitative estimate of drug-likeness (QED) is 0.303. The zero-order valence-corrected chi connectivity index (χ0v) is 15.0. The summed E-state index contributed by atoms with van der Waals surface area (Å²) >= 11 is 9.50. The standard InChI is InChI=1S/C14H8ClFIN3O2S/c15-8-3-6(17)1-2-10(8)19-11-7(14(21)20-22)4-9(16)12-13(11)23-5-18-12/h1-5,19,22H,(H,20,21). The molecule has 0 saturated carbocycles. The van der Waals surface area contributed by atoms with Crippen molar-refractivity contribution < 1.29 is 14.4 Å². The van der Waals surface area contributed by atoms with Crippen molar-refractivity contribution in [2.24, 2.45) is 0 Å². The number of benzene rings is 2. The second-order valence-corrected chi connectivity index (χ2v) is 7.01. The highest BCUT2D eigenvalue weighted by Crippen LogP contribution is 2.36. The molecular weight excluding hydrogens is 456 g/mol. The lowest BCUT2D eigenvalue weighted by molar-refractivity contribution is 0.0707. The number of nitrogens with one attached hydrogen (secondary N) is 2. The number of rotatable bonds is 3. The first-order valence-electron chi connectivity index (χ1n) is 6.23. The first-order valence-corrected chi connectivity index (χ1v) is 8.57. The molecule has 3 rings (SSSR count). The highest BCUT2D eigenvalue weighted by atomic mass is 127. The predicted octanol–water partition coefficient (Wildman–Crippen LogP) is 4.56. The molecule has 118 valence electrons. The van der Waals surface area contributed by atoms with Gasteiger partial charge in [0.05, 0.1) is 32.2 Å². The molecule has 1 aromatic heterocycles. The number of thiazole rings is 1. The molecule has 3 N–H and O–H groups in total. The predicted molar refractivity (Wildman–Crippen MR) is 96.3 cm³/mol. The maximum atomic E-state index is 14.1. The maximum Gasteiger partial charge on any atom is 0.276 e. The molecule has 9 heteroatoms. The lowest BCUT2D eigenvalue weighted by Gasteiger charge is -2.13. The minimum atomic E-state index is -0.830. The van der Waals surface area contributed by atoms with Gasteiger partial charge in [-0.15, -0.1) is 11.3 Å². The van der Waals surface area contributed by atoms with Gasteiger partial charge in [-0.05, 0) is 46.9 Å². The fourth-order valence-corrected chi connectivity index (χ4v) is 3.78. The van der Waals surface area contributed by atoms with Gasteiger partial charge in [0.25, 0.3) is 5.91 Å². The minimum absolute atomic E-state index is 0.0450. The summed E-state index contributed by atoms with van der Waals surface area (Å²) in [7, 11) is 0. The second-order valence-electron chi connectivity index (χ2n) is 4.50. The summed E-state index contributed by atoms with van der Waals surface area (Å²) in [6.07, 6.45) is 0. The van der Waals surface area contributed by atoms with Gasteiger partial charge in [0.15, 0.2) is 5.82 Å². The number of carbonyl (C=O) groups excluding carboxylic acids is 1. The van der Waals surface area contributed by atoms with Gasteiger partial charge in [0.2, 0.25) is 0 Å². The van der Waals surface area contributed by atoms with E-state index in [1.54, 1.807) is 12.1 Å². The SMILES string of the molecule is O=C(NO)c1cc(F)c2ncsc2c1Nc1ccc(I)cc1Cl. The van der Waals surface area contributed by atoms with E-state index < -0.39 is 11.7 Å². The number of nitrogens with zero attached hydrogens (tertiary/aromatic N) is 1. The van der Waals surface area contributed by atoms with Gasteiger partial charge >= 0.3 is 0 Å². The Bertz CT molecular complexity index is 918. The van der Waals surface area contributed by atoms with E-state index in [1.807, 2.05) is 6.07 Å². The molecule has 0 unspecified atom stereocenters. The number of aromatic nitrogens is 1. The number of anilines is 2. The van der Waals surface area contributed by atoms with Crippen molar-refractivity contribution in [3.05, 3.63) is 49.7 Å². The Kier molecular flexibility index (Phi) is 4.67. The van der Waals surface area contributed by atoms with E-state index in [2.05, 4.69) is 32.9 Å². The summed E-state index contributed by atoms with van der Waals surface area (Å²) in [5.41, 5.74) is 3.99. The molecule has 0 atom stereocenters. The number of hydrogen-bond donors (Lipinski definition) is 3. The van der Waals surface area contributed by atoms with Crippen LogP contribution in [0.1, 0.15) is 10.4 Å². The second kappa shape index (κ2) is 6.56. The van der Waals surface area contributed by atoms with Crippen LogP contribution in [0.3, 0.4) is 0 Å². The average molecular weight is 464 g/mol. The average Bonchev–Trinajstić information content (AvgIpc) is 3.01. The molecule has 1 heterocycles. The van der Waals surface area contributed by atoms with Gasteiger partial charge in [0.1, 0.15) is 5.52 Å². The van der Waals surface area contributed by atoms with Gasteiger partial charge in [-0.1, -0.05) is 11.6 Å². The summed E-state index contributed by atoms with van der Waals surface area (Å²) in [4.78, 5) is 15.8. The van der Waals surface area contributed by atoms with Gasteiger partial charge in [-0.25, -0.2) is 14.9 Å². The van der Waals surface area contributed by atoms with E-state index in [0.29, 0.717) is 21.1 Å². The summed E-state index contributed by atoms with van der Waals surface area (Å²) < 4.78 is 15.5. The summed E-state index contributed by atoms with van der Waals surface area (Å²) in [5.74, 6) is -1.47. The van der Waals surface area contributed by atoms with Crippen LogP contribution in [0.15, 0.2) is 29.8 Å². The van der Waals surface area contributed by atoms with Crippen LogP contribution in [0, 0.1) is 9.39 Å². The number of carbonyl (C=O) groups is 1. The van der Waals surface area contributed by atoms with E-state index >= 15 is 0 Å². The monoisotopic (exact) mass is 463 g/mol. The molecule has 0 fully saturated rings. The topological polar surface area (TPSA) is 74.2 Å². The van der Waals surface area contributed by atoms with Crippen molar-refractivity contribution in [2.75, 3.05) is 5.32 Å². The molecular formula is C14H8ClFIN3O2S. The Morgan fingerprint density at radius 2 is 2.17 bits per heavy atom. The van der Waals surface area contributed by atoms with Crippen LogP contribution in [0.25, 0.3) is 10.2 Å². The van der Waals surface area contributed by atoms with Gasteiger partial charge in [-0.3, -0.25) is 10.0 Å². The zero-order valence-electron chi connectivity index (χ0n) is 11.2. The third kappa shape index (κ3) is 3.11. The van der Waals surface area contributed by atoms with Crippen molar-refractivity contribution in [2.45, 2.75) is 0 Å². The third-order valence-corrected chi connectivity index (χ3v) is 4.93. The number of fused-ring (bicyclic) bond motifs is 1. The molecule has 0 bridgehead atoms. The van der Waals surface area contributed by atoms with Crippen LogP contribution in [0.2, 0.25) is 5.02 Å². The molecule has 0 aliphatic rings. The van der Waals surface area contributed by atoms with Crippen LogP contribution in [0.4, 0.5) is 15.8 Å². The molecule has 0 spiro atoms. The van der Waals surface area contributed by atoms with Crippen LogP contribution in [-0.4, -0.2) is 16.1 Å². The number of hydrogen-bond acceptors (Lipinski definition) is 5. The molecule has 0 radical (unpaired) electrons. The number of hydroxylamine groups is 1.